The number of nitrogens with zero attached hydrogens (tertiary/aromatic N) is 2. The quantitative estimate of drug-likeness (QED) is 0.896. The third-order valence-electron chi connectivity index (χ3n) is 2.97. The largest absolute Gasteiger partial charge is 0.464 e. The monoisotopic (exact) mass is 274 g/mol. The second-order valence-corrected chi connectivity index (χ2v) is 6.07. The minimum atomic E-state index is -0.143. The lowest BCUT2D eigenvalue weighted by molar-refractivity contribution is 0.466. The SMILES string of the molecule is Cc1ccc(C(C)Nc2cc(N)nc(C(C)(C)C)n2)o1. The second kappa shape index (κ2) is 5.15. The molecule has 0 bridgehead atoms. The molecule has 5 nitrogen and oxygen atoms in total. The lowest BCUT2D eigenvalue weighted by Crippen LogP contribution is -2.18. The van der Waals surface area contributed by atoms with Gasteiger partial charge in [0.1, 0.15) is 29.0 Å². The van der Waals surface area contributed by atoms with E-state index in [1.165, 1.54) is 0 Å². The summed E-state index contributed by atoms with van der Waals surface area (Å²) < 4.78 is 5.61. The van der Waals surface area contributed by atoms with E-state index in [4.69, 9.17) is 10.2 Å². The number of nitrogens with two attached hydrogens (primary N) is 1. The van der Waals surface area contributed by atoms with E-state index in [-0.39, 0.29) is 11.5 Å². The Morgan fingerprint density at radius 3 is 2.50 bits per heavy atom. The van der Waals surface area contributed by atoms with Gasteiger partial charge in [-0.2, -0.15) is 0 Å². The molecule has 3 N–H and O–H groups in total. The molecule has 20 heavy (non-hydrogen) atoms. The standard InChI is InChI=1S/C15H22N4O/c1-9-6-7-11(20-9)10(2)17-13-8-12(16)18-14(19-13)15(3,4)5/h6-8,10H,1-5H3,(H3,16,17,18,19). The summed E-state index contributed by atoms with van der Waals surface area (Å²) in [4.78, 5) is 8.83. The highest BCUT2D eigenvalue weighted by atomic mass is 16.3. The van der Waals surface area contributed by atoms with Crippen LogP contribution in [-0.2, 0) is 5.41 Å². The van der Waals surface area contributed by atoms with Crippen LogP contribution in [0.15, 0.2) is 22.6 Å². The molecule has 2 aromatic heterocycles. The number of anilines is 2. The molecule has 108 valence electrons. The van der Waals surface area contributed by atoms with Crippen LogP contribution in [-0.4, -0.2) is 9.97 Å². The maximum absolute atomic E-state index is 5.86. The van der Waals surface area contributed by atoms with Crippen LogP contribution in [0.1, 0.15) is 51.1 Å². The van der Waals surface area contributed by atoms with Gasteiger partial charge in [-0.15, -0.1) is 0 Å². The van der Waals surface area contributed by atoms with Crippen molar-refractivity contribution in [2.45, 2.75) is 46.1 Å². The molecule has 0 fully saturated rings. The number of hydrogen-bond acceptors (Lipinski definition) is 5. The highest BCUT2D eigenvalue weighted by Crippen LogP contribution is 2.24. The topological polar surface area (TPSA) is 77.0 Å². The van der Waals surface area contributed by atoms with Crippen molar-refractivity contribution in [2.75, 3.05) is 11.1 Å². The zero-order chi connectivity index (χ0) is 14.9. The highest BCUT2D eigenvalue weighted by Gasteiger charge is 2.19. The Morgan fingerprint density at radius 1 is 1.25 bits per heavy atom. The summed E-state index contributed by atoms with van der Waals surface area (Å²) in [6, 6.07) is 5.66. The first-order chi connectivity index (χ1) is 9.25. The summed E-state index contributed by atoms with van der Waals surface area (Å²) in [6.45, 7) is 10.1. The summed E-state index contributed by atoms with van der Waals surface area (Å²) in [7, 11) is 0. The van der Waals surface area contributed by atoms with Crippen LogP contribution in [0.2, 0.25) is 0 Å². The molecule has 2 aromatic rings. The van der Waals surface area contributed by atoms with Crippen molar-refractivity contribution in [3.8, 4) is 0 Å². The minimum absolute atomic E-state index is 0.0193. The van der Waals surface area contributed by atoms with Crippen LogP contribution in [0.4, 0.5) is 11.6 Å². The molecule has 0 aliphatic rings. The van der Waals surface area contributed by atoms with Crippen molar-refractivity contribution >= 4 is 11.6 Å². The van der Waals surface area contributed by atoms with Crippen molar-refractivity contribution in [2.24, 2.45) is 0 Å². The van der Waals surface area contributed by atoms with E-state index in [1.807, 2.05) is 26.0 Å². The predicted octanol–water partition coefficient (Wildman–Crippen LogP) is 3.43. The molecule has 5 heteroatoms. The van der Waals surface area contributed by atoms with Crippen molar-refractivity contribution in [3.63, 3.8) is 0 Å². The Balaban J connectivity index is 2.23. The predicted molar refractivity (Wildman–Crippen MR) is 80.6 cm³/mol. The van der Waals surface area contributed by atoms with Gasteiger partial charge in [-0.1, -0.05) is 20.8 Å². The molecule has 1 unspecified atom stereocenters. The Labute approximate surface area is 119 Å². The van der Waals surface area contributed by atoms with Gasteiger partial charge in [0.15, 0.2) is 0 Å². The van der Waals surface area contributed by atoms with Gasteiger partial charge < -0.3 is 15.5 Å². The number of furan rings is 1. The molecule has 0 aliphatic heterocycles. The van der Waals surface area contributed by atoms with E-state index in [1.54, 1.807) is 6.07 Å². The highest BCUT2D eigenvalue weighted by molar-refractivity contribution is 5.46. The first kappa shape index (κ1) is 14.4. The molecule has 0 aliphatic carbocycles. The molecule has 0 amide bonds. The Bertz CT molecular complexity index is 598. The van der Waals surface area contributed by atoms with Gasteiger partial charge in [0.25, 0.3) is 0 Å². The zero-order valence-electron chi connectivity index (χ0n) is 12.7. The summed E-state index contributed by atoms with van der Waals surface area (Å²) in [5.41, 5.74) is 5.72. The number of rotatable bonds is 3. The van der Waals surface area contributed by atoms with Crippen LogP contribution in [0.25, 0.3) is 0 Å². The molecule has 2 heterocycles. The first-order valence-corrected chi connectivity index (χ1v) is 6.73. The van der Waals surface area contributed by atoms with Crippen LogP contribution in [0.5, 0.6) is 0 Å². The summed E-state index contributed by atoms with van der Waals surface area (Å²) >= 11 is 0. The van der Waals surface area contributed by atoms with Crippen LogP contribution in [0.3, 0.4) is 0 Å². The fraction of sp³-hybridized carbons (Fsp3) is 0.467. The summed E-state index contributed by atoms with van der Waals surface area (Å²) in [5, 5.41) is 3.30. The summed E-state index contributed by atoms with van der Waals surface area (Å²) in [5.74, 6) is 3.67. The van der Waals surface area contributed by atoms with Gasteiger partial charge in [-0.3, -0.25) is 0 Å². The van der Waals surface area contributed by atoms with E-state index in [2.05, 4.69) is 36.1 Å². The molecule has 2 rings (SSSR count). The van der Waals surface area contributed by atoms with Gasteiger partial charge in [0.2, 0.25) is 0 Å². The lowest BCUT2D eigenvalue weighted by atomic mass is 9.96. The molecule has 0 aromatic carbocycles. The van der Waals surface area contributed by atoms with Crippen LogP contribution in [0, 0.1) is 6.92 Å². The average molecular weight is 274 g/mol. The maximum Gasteiger partial charge on any atom is 0.138 e. The minimum Gasteiger partial charge on any atom is -0.464 e. The fourth-order valence-corrected chi connectivity index (χ4v) is 1.85. The third-order valence-corrected chi connectivity index (χ3v) is 2.97. The maximum atomic E-state index is 5.86. The normalized spacial score (nSPS) is 13.2. The number of aryl methyl sites for hydroxylation is 1. The van der Waals surface area contributed by atoms with Gasteiger partial charge in [0.05, 0.1) is 6.04 Å². The zero-order valence-corrected chi connectivity index (χ0v) is 12.7. The van der Waals surface area contributed by atoms with Gasteiger partial charge in [0, 0.05) is 11.5 Å². The van der Waals surface area contributed by atoms with E-state index in [0.29, 0.717) is 11.6 Å². The number of hydrogen-bond donors (Lipinski definition) is 2. The van der Waals surface area contributed by atoms with Crippen LogP contribution < -0.4 is 11.1 Å². The van der Waals surface area contributed by atoms with E-state index < -0.39 is 0 Å². The lowest BCUT2D eigenvalue weighted by Gasteiger charge is -2.19. The van der Waals surface area contributed by atoms with E-state index in [0.717, 1.165) is 17.3 Å². The Morgan fingerprint density at radius 2 is 1.95 bits per heavy atom. The fourth-order valence-electron chi connectivity index (χ4n) is 1.85. The van der Waals surface area contributed by atoms with Crippen molar-refractivity contribution in [3.05, 3.63) is 35.5 Å². The third kappa shape index (κ3) is 3.29. The average Bonchev–Trinajstić information content (AvgIpc) is 2.74. The van der Waals surface area contributed by atoms with Crippen molar-refractivity contribution in [1.82, 2.24) is 9.97 Å². The molecule has 0 spiro atoms. The smallest absolute Gasteiger partial charge is 0.138 e. The van der Waals surface area contributed by atoms with Crippen LogP contribution >= 0.6 is 0 Å². The Kier molecular flexibility index (Phi) is 3.70. The number of aromatic nitrogens is 2. The van der Waals surface area contributed by atoms with Gasteiger partial charge in [-0.25, -0.2) is 9.97 Å². The molecular weight excluding hydrogens is 252 g/mol. The van der Waals surface area contributed by atoms with Crippen molar-refractivity contribution in [1.29, 1.82) is 0 Å². The van der Waals surface area contributed by atoms with Gasteiger partial charge in [-0.05, 0) is 26.0 Å². The number of nitrogen functional groups attached to an aromatic ring is 1. The number of nitrogens with one attached hydrogen (secondary N) is 1. The Hall–Kier alpha value is -2.04. The molecule has 0 radical (unpaired) electrons. The molecular formula is C15H22N4O. The van der Waals surface area contributed by atoms with E-state index in [9.17, 15) is 0 Å². The summed E-state index contributed by atoms with van der Waals surface area (Å²) in [6.07, 6.45) is 0. The first-order valence-electron chi connectivity index (χ1n) is 6.73. The molecule has 0 saturated carbocycles. The van der Waals surface area contributed by atoms with Crippen molar-refractivity contribution < 1.29 is 4.42 Å². The molecule has 1 atom stereocenters. The van der Waals surface area contributed by atoms with E-state index >= 15 is 0 Å². The van der Waals surface area contributed by atoms with Gasteiger partial charge >= 0.3 is 0 Å². The second-order valence-electron chi connectivity index (χ2n) is 6.07. The molecule has 0 saturated heterocycles.